The number of aromatic hydroxyl groups is 1. The minimum absolute atomic E-state index is 0.144. The van der Waals surface area contributed by atoms with Crippen LogP contribution in [-0.2, 0) is 16.4 Å². The highest BCUT2D eigenvalue weighted by Gasteiger charge is 2.33. The Bertz CT molecular complexity index is 787. The third kappa shape index (κ3) is 4.20. The van der Waals surface area contributed by atoms with Crippen LogP contribution in [0.15, 0.2) is 17.5 Å². The molecule has 27 heavy (non-hydrogen) atoms. The number of phenolic OH excluding ortho intramolecular Hbond substituents is 1. The van der Waals surface area contributed by atoms with Crippen LogP contribution in [-0.4, -0.2) is 21.6 Å². The Labute approximate surface area is 171 Å². The Kier molecular flexibility index (Phi) is 5.43. The average Bonchev–Trinajstić information content (AvgIpc) is 3.04. The summed E-state index contributed by atoms with van der Waals surface area (Å²) >= 11 is 3.65. The summed E-state index contributed by atoms with van der Waals surface area (Å²) in [5.74, 6) is 2.62. The van der Waals surface area contributed by atoms with E-state index in [2.05, 4.69) is 59.1 Å². The van der Waals surface area contributed by atoms with Crippen LogP contribution in [0.2, 0.25) is 0 Å². The zero-order valence-electron chi connectivity index (χ0n) is 17.3. The van der Waals surface area contributed by atoms with Crippen molar-refractivity contribution < 1.29 is 5.11 Å². The van der Waals surface area contributed by atoms with E-state index in [1.165, 1.54) is 0 Å². The Morgan fingerprint density at radius 1 is 1.00 bits per heavy atom. The first-order valence-electron chi connectivity index (χ1n) is 9.63. The minimum Gasteiger partial charge on any atom is -0.507 e. The van der Waals surface area contributed by atoms with E-state index in [1.54, 1.807) is 11.3 Å². The number of hydrogen-bond donors (Lipinski definition) is 2. The van der Waals surface area contributed by atoms with Gasteiger partial charge in [-0.05, 0) is 47.3 Å². The Hall–Kier alpha value is -1.04. The third-order valence-electron chi connectivity index (χ3n) is 5.34. The molecule has 0 amide bonds. The van der Waals surface area contributed by atoms with Gasteiger partial charge in [0.1, 0.15) is 10.8 Å². The molecule has 1 aromatic heterocycles. The quantitative estimate of drug-likeness (QED) is 0.665. The van der Waals surface area contributed by atoms with Crippen molar-refractivity contribution in [2.45, 2.75) is 70.8 Å². The molecule has 0 aliphatic carbocycles. The summed E-state index contributed by atoms with van der Waals surface area (Å²) in [7, 11) is 0. The van der Waals surface area contributed by atoms with Gasteiger partial charge in [-0.2, -0.15) is 11.8 Å². The summed E-state index contributed by atoms with van der Waals surface area (Å²) in [5, 5.41) is 14.1. The lowest BCUT2D eigenvalue weighted by atomic mass is 9.78. The van der Waals surface area contributed by atoms with Crippen LogP contribution in [0.5, 0.6) is 5.75 Å². The van der Waals surface area contributed by atoms with Crippen molar-refractivity contribution in [3.8, 4) is 17.0 Å². The maximum absolute atomic E-state index is 10.9. The van der Waals surface area contributed by atoms with Crippen molar-refractivity contribution in [3.05, 3.63) is 33.6 Å². The molecule has 2 heterocycles. The first-order chi connectivity index (χ1) is 12.4. The van der Waals surface area contributed by atoms with E-state index in [0.717, 1.165) is 51.7 Å². The standard InChI is InChI=1S/C22H32N2OS2/c1-20(2,3)15-11-14(12-16(18(15)25)21(4,5)6)17-13-27-19(24-17)22(23)7-9-26-10-8-22/h11-13,25H,7-10,23H2,1-6H3. The van der Waals surface area contributed by atoms with E-state index in [4.69, 9.17) is 10.7 Å². The van der Waals surface area contributed by atoms with Crippen LogP contribution in [0.3, 0.4) is 0 Å². The molecular weight excluding hydrogens is 372 g/mol. The molecule has 0 radical (unpaired) electrons. The van der Waals surface area contributed by atoms with Crippen molar-refractivity contribution in [2.24, 2.45) is 5.73 Å². The molecule has 148 valence electrons. The Morgan fingerprint density at radius 3 is 2.00 bits per heavy atom. The molecular formula is C22H32N2OS2. The zero-order chi connectivity index (χ0) is 20.0. The summed E-state index contributed by atoms with van der Waals surface area (Å²) in [6.45, 7) is 12.8. The molecule has 1 aliphatic rings. The van der Waals surface area contributed by atoms with Crippen LogP contribution in [0, 0.1) is 0 Å². The lowest BCUT2D eigenvalue weighted by Crippen LogP contribution is -2.40. The van der Waals surface area contributed by atoms with Crippen molar-refractivity contribution in [3.63, 3.8) is 0 Å². The van der Waals surface area contributed by atoms with Crippen molar-refractivity contribution in [2.75, 3.05) is 11.5 Å². The predicted molar refractivity (Wildman–Crippen MR) is 119 cm³/mol. The molecule has 1 saturated heterocycles. The molecule has 5 heteroatoms. The number of thiazole rings is 1. The van der Waals surface area contributed by atoms with Gasteiger partial charge in [0, 0.05) is 22.1 Å². The van der Waals surface area contributed by atoms with Gasteiger partial charge in [0.15, 0.2) is 0 Å². The maximum Gasteiger partial charge on any atom is 0.123 e. The lowest BCUT2D eigenvalue weighted by Gasteiger charge is -2.31. The number of hydrogen-bond acceptors (Lipinski definition) is 5. The summed E-state index contributed by atoms with van der Waals surface area (Å²) in [5.41, 5.74) is 10.1. The number of rotatable bonds is 2. The number of aromatic nitrogens is 1. The van der Waals surface area contributed by atoms with Gasteiger partial charge < -0.3 is 10.8 Å². The van der Waals surface area contributed by atoms with Gasteiger partial charge in [0.05, 0.1) is 11.2 Å². The fraction of sp³-hybridized carbons (Fsp3) is 0.591. The van der Waals surface area contributed by atoms with Crippen molar-refractivity contribution >= 4 is 23.1 Å². The largest absolute Gasteiger partial charge is 0.507 e. The number of phenols is 1. The lowest BCUT2D eigenvalue weighted by molar-refractivity contribution is 0.409. The van der Waals surface area contributed by atoms with Gasteiger partial charge in [0.25, 0.3) is 0 Å². The van der Waals surface area contributed by atoms with E-state index in [-0.39, 0.29) is 16.4 Å². The van der Waals surface area contributed by atoms with Crippen LogP contribution in [0.25, 0.3) is 11.3 Å². The van der Waals surface area contributed by atoms with Crippen LogP contribution < -0.4 is 5.73 Å². The Morgan fingerprint density at radius 2 is 1.52 bits per heavy atom. The second-order valence-corrected chi connectivity index (χ2v) is 11.8. The maximum atomic E-state index is 10.9. The molecule has 1 aromatic carbocycles. The van der Waals surface area contributed by atoms with E-state index >= 15 is 0 Å². The van der Waals surface area contributed by atoms with Crippen LogP contribution in [0.1, 0.15) is 70.5 Å². The number of nitrogens with zero attached hydrogens (tertiary/aromatic N) is 1. The third-order valence-corrected chi connectivity index (χ3v) is 7.38. The monoisotopic (exact) mass is 404 g/mol. The highest BCUT2D eigenvalue weighted by atomic mass is 32.2. The van der Waals surface area contributed by atoms with Gasteiger partial charge in [-0.1, -0.05) is 41.5 Å². The van der Waals surface area contributed by atoms with Gasteiger partial charge in [0.2, 0.25) is 0 Å². The fourth-order valence-corrected chi connectivity index (χ4v) is 5.73. The topological polar surface area (TPSA) is 59.1 Å². The minimum atomic E-state index is -0.287. The molecule has 2 aromatic rings. The molecule has 0 atom stereocenters. The van der Waals surface area contributed by atoms with Crippen LogP contribution in [0.4, 0.5) is 0 Å². The van der Waals surface area contributed by atoms with E-state index in [0.29, 0.717) is 5.75 Å². The molecule has 3 nitrogen and oxygen atoms in total. The van der Waals surface area contributed by atoms with Gasteiger partial charge in [-0.3, -0.25) is 0 Å². The average molecular weight is 405 g/mol. The molecule has 0 bridgehead atoms. The van der Waals surface area contributed by atoms with Crippen LogP contribution >= 0.6 is 23.1 Å². The highest BCUT2D eigenvalue weighted by Crippen LogP contribution is 2.43. The molecule has 1 fully saturated rings. The highest BCUT2D eigenvalue weighted by molar-refractivity contribution is 7.99. The molecule has 0 saturated carbocycles. The molecule has 3 rings (SSSR count). The fourth-order valence-electron chi connectivity index (χ4n) is 3.51. The zero-order valence-corrected chi connectivity index (χ0v) is 19.0. The van der Waals surface area contributed by atoms with Gasteiger partial charge in [-0.15, -0.1) is 11.3 Å². The first kappa shape index (κ1) is 20.7. The second kappa shape index (κ2) is 7.09. The molecule has 0 spiro atoms. The molecule has 3 N–H and O–H groups in total. The van der Waals surface area contributed by atoms with Gasteiger partial charge >= 0.3 is 0 Å². The number of nitrogens with two attached hydrogens (primary N) is 1. The number of benzene rings is 1. The first-order valence-corrected chi connectivity index (χ1v) is 11.7. The Balaban J connectivity index is 2.09. The predicted octanol–water partition coefficient (Wildman–Crippen LogP) is 5.79. The van der Waals surface area contributed by atoms with Gasteiger partial charge in [-0.25, -0.2) is 4.98 Å². The summed E-state index contributed by atoms with van der Waals surface area (Å²) in [6, 6.07) is 4.20. The van der Waals surface area contributed by atoms with E-state index in [9.17, 15) is 5.11 Å². The normalized spacial score (nSPS) is 17.9. The van der Waals surface area contributed by atoms with E-state index in [1.807, 2.05) is 11.8 Å². The summed E-state index contributed by atoms with van der Waals surface area (Å²) < 4.78 is 0. The molecule has 1 aliphatic heterocycles. The van der Waals surface area contributed by atoms with Crippen molar-refractivity contribution in [1.82, 2.24) is 4.98 Å². The van der Waals surface area contributed by atoms with E-state index < -0.39 is 0 Å². The second-order valence-electron chi connectivity index (χ2n) is 9.73. The number of thioether (sulfide) groups is 1. The summed E-state index contributed by atoms with van der Waals surface area (Å²) in [6.07, 6.45) is 1.97. The molecule has 0 unspecified atom stereocenters. The smallest absolute Gasteiger partial charge is 0.123 e. The summed E-state index contributed by atoms with van der Waals surface area (Å²) in [4.78, 5) is 4.95. The SMILES string of the molecule is CC(C)(C)c1cc(-c2csc(C3(N)CCSCC3)n2)cc(C(C)(C)C)c1O. The van der Waals surface area contributed by atoms with Crippen molar-refractivity contribution in [1.29, 1.82) is 0 Å².